The van der Waals surface area contributed by atoms with E-state index in [1.165, 1.54) is 6.92 Å². The first-order chi connectivity index (χ1) is 13.3. The Morgan fingerprint density at radius 1 is 1.32 bits per heavy atom. The van der Waals surface area contributed by atoms with Crippen LogP contribution in [0, 0.1) is 12.8 Å². The summed E-state index contributed by atoms with van der Waals surface area (Å²) < 4.78 is 10.7. The molecule has 2 heterocycles. The molecule has 0 unspecified atom stereocenters. The Labute approximate surface area is 165 Å². The molecule has 7 heteroatoms. The molecule has 1 saturated heterocycles. The molecule has 0 saturated carbocycles. The number of benzene rings is 1. The Morgan fingerprint density at radius 2 is 2.07 bits per heavy atom. The van der Waals surface area contributed by atoms with Crippen LogP contribution in [0.25, 0.3) is 11.4 Å². The van der Waals surface area contributed by atoms with Crippen LogP contribution in [0.2, 0.25) is 0 Å². The second-order valence-corrected chi connectivity index (χ2v) is 7.89. The average Bonchev–Trinajstić information content (AvgIpc) is 3.09. The second-order valence-electron chi connectivity index (χ2n) is 7.89. The fourth-order valence-electron chi connectivity index (χ4n) is 3.72. The molecule has 0 spiro atoms. The molecule has 0 radical (unpaired) electrons. The lowest BCUT2D eigenvalue weighted by Crippen LogP contribution is -2.51. The molecule has 28 heavy (non-hydrogen) atoms. The molecule has 1 aliphatic heterocycles. The Bertz CT molecular complexity index is 859. The van der Waals surface area contributed by atoms with Gasteiger partial charge in [0.1, 0.15) is 0 Å². The average molecular weight is 385 g/mol. The van der Waals surface area contributed by atoms with Crippen LogP contribution in [0.1, 0.15) is 45.1 Å². The Hall–Kier alpha value is -2.70. The summed E-state index contributed by atoms with van der Waals surface area (Å²) in [6, 6.07) is 7.92. The van der Waals surface area contributed by atoms with Crippen LogP contribution >= 0.6 is 0 Å². The molecular formula is C21H27N3O4. The lowest BCUT2D eigenvalue weighted by atomic mass is 9.93. The van der Waals surface area contributed by atoms with Crippen molar-refractivity contribution in [1.82, 2.24) is 15.0 Å². The number of piperidine rings is 1. The third-order valence-electron chi connectivity index (χ3n) is 5.04. The zero-order chi connectivity index (χ0) is 20.3. The van der Waals surface area contributed by atoms with Gasteiger partial charge in [0.05, 0.1) is 0 Å². The van der Waals surface area contributed by atoms with Crippen LogP contribution in [0.4, 0.5) is 0 Å². The van der Waals surface area contributed by atoms with Crippen molar-refractivity contribution in [2.24, 2.45) is 5.92 Å². The van der Waals surface area contributed by atoms with Crippen LogP contribution in [-0.4, -0.2) is 45.6 Å². The summed E-state index contributed by atoms with van der Waals surface area (Å²) >= 11 is 0. The molecule has 2 aromatic rings. The second kappa shape index (κ2) is 8.12. The lowest BCUT2D eigenvalue weighted by Gasteiger charge is -2.36. The van der Waals surface area contributed by atoms with Gasteiger partial charge in [0.25, 0.3) is 5.91 Å². The summed E-state index contributed by atoms with van der Waals surface area (Å²) in [5.41, 5.74) is 0.897. The molecule has 1 amide bonds. The van der Waals surface area contributed by atoms with Crippen LogP contribution in [0.5, 0.6) is 0 Å². The van der Waals surface area contributed by atoms with E-state index >= 15 is 0 Å². The molecule has 1 atom stereocenters. The zero-order valence-corrected chi connectivity index (χ0v) is 16.9. The van der Waals surface area contributed by atoms with E-state index in [1.54, 1.807) is 18.7 Å². The van der Waals surface area contributed by atoms with E-state index < -0.39 is 11.6 Å². The van der Waals surface area contributed by atoms with Crippen molar-refractivity contribution >= 4 is 11.9 Å². The number of aromatic nitrogens is 2. The third-order valence-corrected chi connectivity index (χ3v) is 5.04. The van der Waals surface area contributed by atoms with Gasteiger partial charge in [-0.3, -0.25) is 9.59 Å². The summed E-state index contributed by atoms with van der Waals surface area (Å²) in [6.07, 6.45) is 2.50. The minimum absolute atomic E-state index is 0.168. The molecule has 0 aliphatic carbocycles. The Balaban J connectivity index is 1.65. The number of amides is 1. The molecular weight excluding hydrogens is 358 g/mol. The van der Waals surface area contributed by atoms with Gasteiger partial charge in [-0.25, -0.2) is 0 Å². The first-order valence-electron chi connectivity index (χ1n) is 9.64. The number of nitrogens with zero attached hydrogens (tertiary/aromatic N) is 3. The highest BCUT2D eigenvalue weighted by atomic mass is 16.6. The molecule has 3 rings (SSSR count). The van der Waals surface area contributed by atoms with E-state index in [9.17, 15) is 9.59 Å². The van der Waals surface area contributed by atoms with Gasteiger partial charge in [0.15, 0.2) is 5.60 Å². The predicted octanol–water partition coefficient (Wildman–Crippen LogP) is 3.17. The third kappa shape index (κ3) is 4.58. The standard InChI is InChI=1S/C21H27N3O4/c1-14-8-5-6-10-17(14)19-22-18(28-23-19)12-16-9-7-11-24(13-16)20(26)21(3,4)27-15(2)25/h5-6,8,10,16H,7,9,11-13H2,1-4H3/t16-/m1/s1. The summed E-state index contributed by atoms with van der Waals surface area (Å²) in [5, 5.41) is 4.11. The summed E-state index contributed by atoms with van der Waals surface area (Å²) in [4.78, 5) is 30.4. The smallest absolute Gasteiger partial charge is 0.303 e. The minimum Gasteiger partial charge on any atom is -0.450 e. The molecule has 1 fully saturated rings. The number of ether oxygens (including phenoxy) is 1. The first-order valence-corrected chi connectivity index (χ1v) is 9.64. The number of carbonyl (C=O) groups is 2. The number of aryl methyl sites for hydroxylation is 1. The predicted molar refractivity (Wildman–Crippen MR) is 103 cm³/mol. The van der Waals surface area contributed by atoms with E-state index in [-0.39, 0.29) is 11.8 Å². The van der Waals surface area contributed by atoms with E-state index in [0.29, 0.717) is 31.2 Å². The molecule has 7 nitrogen and oxygen atoms in total. The van der Waals surface area contributed by atoms with Crippen LogP contribution in [0.3, 0.4) is 0 Å². The van der Waals surface area contributed by atoms with Gasteiger partial charge in [-0.2, -0.15) is 4.98 Å². The number of hydrogen-bond acceptors (Lipinski definition) is 6. The monoisotopic (exact) mass is 385 g/mol. The van der Waals surface area contributed by atoms with E-state index in [2.05, 4.69) is 10.1 Å². The highest BCUT2D eigenvalue weighted by Gasteiger charge is 2.37. The SMILES string of the molecule is CC(=O)OC(C)(C)C(=O)N1CCC[C@H](Cc2nc(-c3ccccc3C)no2)C1. The number of likely N-dealkylation sites (tertiary alicyclic amines) is 1. The summed E-state index contributed by atoms with van der Waals surface area (Å²) in [6.45, 7) is 7.85. The van der Waals surface area contributed by atoms with E-state index in [1.807, 2.05) is 31.2 Å². The molecule has 0 N–H and O–H groups in total. The number of esters is 1. The van der Waals surface area contributed by atoms with Crippen LogP contribution in [0.15, 0.2) is 28.8 Å². The van der Waals surface area contributed by atoms with Crippen molar-refractivity contribution in [3.63, 3.8) is 0 Å². The van der Waals surface area contributed by atoms with Gasteiger partial charge in [0, 0.05) is 32.0 Å². The molecule has 1 aromatic heterocycles. The molecule has 1 aromatic carbocycles. The Kier molecular flexibility index (Phi) is 5.82. The van der Waals surface area contributed by atoms with E-state index in [0.717, 1.165) is 24.0 Å². The van der Waals surface area contributed by atoms with Crippen molar-refractivity contribution in [3.8, 4) is 11.4 Å². The van der Waals surface area contributed by atoms with Crippen molar-refractivity contribution in [2.75, 3.05) is 13.1 Å². The van der Waals surface area contributed by atoms with Crippen molar-refractivity contribution in [3.05, 3.63) is 35.7 Å². The summed E-state index contributed by atoms with van der Waals surface area (Å²) in [5.74, 6) is 0.778. The number of carbonyl (C=O) groups excluding carboxylic acids is 2. The Morgan fingerprint density at radius 3 is 2.79 bits per heavy atom. The van der Waals surface area contributed by atoms with Crippen LogP contribution < -0.4 is 0 Å². The topological polar surface area (TPSA) is 85.5 Å². The maximum atomic E-state index is 12.8. The quantitative estimate of drug-likeness (QED) is 0.735. The van der Waals surface area contributed by atoms with Crippen molar-refractivity contribution in [1.29, 1.82) is 0 Å². The van der Waals surface area contributed by atoms with Crippen molar-refractivity contribution < 1.29 is 18.8 Å². The van der Waals surface area contributed by atoms with Gasteiger partial charge < -0.3 is 14.2 Å². The summed E-state index contributed by atoms with van der Waals surface area (Å²) in [7, 11) is 0. The number of rotatable bonds is 5. The minimum atomic E-state index is -1.16. The molecule has 150 valence electrons. The van der Waals surface area contributed by atoms with Gasteiger partial charge in [-0.15, -0.1) is 0 Å². The first kappa shape index (κ1) is 20.0. The maximum absolute atomic E-state index is 12.8. The fourth-order valence-corrected chi connectivity index (χ4v) is 3.72. The number of hydrogen-bond donors (Lipinski definition) is 0. The molecule has 1 aliphatic rings. The van der Waals surface area contributed by atoms with E-state index in [4.69, 9.17) is 9.26 Å². The van der Waals surface area contributed by atoms with Gasteiger partial charge in [0.2, 0.25) is 11.7 Å². The fraction of sp³-hybridized carbons (Fsp3) is 0.524. The largest absolute Gasteiger partial charge is 0.450 e. The van der Waals surface area contributed by atoms with Crippen molar-refractivity contribution in [2.45, 2.75) is 52.6 Å². The van der Waals surface area contributed by atoms with Gasteiger partial charge in [-0.05, 0) is 45.1 Å². The molecule has 0 bridgehead atoms. The highest BCUT2D eigenvalue weighted by Crippen LogP contribution is 2.25. The zero-order valence-electron chi connectivity index (χ0n) is 16.9. The maximum Gasteiger partial charge on any atom is 0.303 e. The van der Waals surface area contributed by atoms with Gasteiger partial charge in [-0.1, -0.05) is 29.4 Å². The normalized spacial score (nSPS) is 17.4. The highest BCUT2D eigenvalue weighted by molar-refractivity contribution is 5.86. The van der Waals surface area contributed by atoms with Gasteiger partial charge >= 0.3 is 5.97 Å². The van der Waals surface area contributed by atoms with Crippen LogP contribution in [-0.2, 0) is 20.7 Å². The lowest BCUT2D eigenvalue weighted by molar-refractivity contribution is -0.169.